The van der Waals surface area contributed by atoms with Crippen molar-refractivity contribution in [2.75, 3.05) is 26.2 Å². The molecule has 2 saturated heterocycles. The second-order valence-corrected chi connectivity index (χ2v) is 20.2. The molecule has 0 atom stereocenters. The minimum Gasteiger partial charge on any atom is -0.508 e. The number of likely N-dealkylation sites (tertiary alicyclic amines) is 2. The molecule has 2 aliphatic heterocycles. The smallest absolute Gasteiger partial charge is 0.416 e. The maximum atomic E-state index is 13.5. The van der Waals surface area contributed by atoms with E-state index < -0.39 is 40.6 Å². The third-order valence-corrected chi connectivity index (χ3v) is 11.6. The zero-order valence-corrected chi connectivity index (χ0v) is 43.3. The predicted molar refractivity (Wildman–Crippen MR) is 262 cm³/mol. The molecule has 404 valence electrons. The van der Waals surface area contributed by atoms with Gasteiger partial charge in [0.15, 0.2) is 0 Å². The minimum atomic E-state index is -4.48. The van der Waals surface area contributed by atoms with Gasteiger partial charge in [-0.3, -0.25) is 0 Å². The fourth-order valence-electron chi connectivity index (χ4n) is 8.26. The summed E-state index contributed by atoms with van der Waals surface area (Å²) in [6.45, 7) is 20.0. The molecule has 6 heterocycles. The number of alkyl halides is 6. The van der Waals surface area contributed by atoms with E-state index in [0.717, 1.165) is 36.7 Å². The van der Waals surface area contributed by atoms with E-state index >= 15 is 0 Å². The van der Waals surface area contributed by atoms with Crippen LogP contribution in [0.3, 0.4) is 0 Å². The van der Waals surface area contributed by atoms with Crippen molar-refractivity contribution < 1.29 is 59.6 Å². The van der Waals surface area contributed by atoms with E-state index in [2.05, 4.69) is 30.6 Å². The Morgan fingerprint density at radius 1 is 0.587 bits per heavy atom. The highest BCUT2D eigenvalue weighted by molar-refractivity contribution is 5.69. The molecule has 2 aliphatic rings. The van der Waals surface area contributed by atoms with Crippen LogP contribution in [0.25, 0.3) is 22.8 Å². The lowest BCUT2D eigenvalue weighted by Crippen LogP contribution is -2.42. The standard InChI is InChI=1S/C26H30F3N5O3.C18H24FN5O2.C8H7F3O/c1-16-13-18(26(27,28)29)15-20(14-16)36-22-8-6-7-21(30-22)23-17(2)31-32-34(23)19-9-11-33(12-10-19)24(35)37-25(3,4)5;1-12-16(14-6-5-7-15(19)20-14)24(22-21-12)13-8-10-23(11-9-13)17(25)26-18(2,3)4;1-5-2-6(8(9,10)11)4-7(12)3-5/h6-8,13-15,19H,9-12H2,1-5H3;5-7,13H,8-11H2,1-4H3;2-4,12H,1H3. The van der Waals surface area contributed by atoms with Crippen molar-refractivity contribution in [2.45, 2.75) is 131 Å². The van der Waals surface area contributed by atoms with Gasteiger partial charge in [-0.05, 0) is 161 Å². The maximum Gasteiger partial charge on any atom is 0.416 e. The Kier molecular flexibility index (Phi) is 17.5. The van der Waals surface area contributed by atoms with Gasteiger partial charge in [-0.1, -0.05) is 22.6 Å². The van der Waals surface area contributed by atoms with Crippen LogP contribution in [0.1, 0.15) is 113 Å². The van der Waals surface area contributed by atoms with Crippen molar-refractivity contribution in [3.05, 3.63) is 112 Å². The number of carbonyl (C=O) groups excluding carboxylic acids is 2. The summed E-state index contributed by atoms with van der Waals surface area (Å²) in [5.41, 5.74) is 1.99. The van der Waals surface area contributed by atoms with Crippen molar-refractivity contribution >= 4 is 12.2 Å². The Balaban J connectivity index is 0.000000207. The number of carbonyl (C=O) groups is 2. The van der Waals surface area contributed by atoms with Gasteiger partial charge in [-0.15, -0.1) is 10.2 Å². The second kappa shape index (κ2) is 23.1. The van der Waals surface area contributed by atoms with Crippen LogP contribution in [-0.2, 0) is 21.8 Å². The highest BCUT2D eigenvalue weighted by Crippen LogP contribution is 2.36. The van der Waals surface area contributed by atoms with Gasteiger partial charge in [0, 0.05) is 32.2 Å². The zero-order chi connectivity index (χ0) is 55.2. The summed E-state index contributed by atoms with van der Waals surface area (Å²) in [5.74, 6) is -0.685. The number of phenolic OH excluding ortho intramolecular Hbond substituents is 1. The molecule has 0 bridgehead atoms. The van der Waals surface area contributed by atoms with Crippen molar-refractivity contribution in [3.63, 3.8) is 0 Å². The first kappa shape index (κ1) is 57.0. The molecule has 0 radical (unpaired) electrons. The Morgan fingerprint density at radius 3 is 1.44 bits per heavy atom. The summed E-state index contributed by atoms with van der Waals surface area (Å²) in [5, 5.41) is 25.8. The summed E-state index contributed by atoms with van der Waals surface area (Å²) >= 11 is 0. The number of benzene rings is 2. The molecule has 0 unspecified atom stereocenters. The Labute approximate surface area is 429 Å². The van der Waals surface area contributed by atoms with Crippen molar-refractivity contribution in [2.24, 2.45) is 0 Å². The van der Waals surface area contributed by atoms with E-state index in [9.17, 15) is 40.3 Å². The Morgan fingerprint density at radius 2 is 1.01 bits per heavy atom. The van der Waals surface area contributed by atoms with E-state index in [4.69, 9.17) is 19.3 Å². The number of halogens is 7. The number of aromatic hydroxyl groups is 1. The highest BCUT2D eigenvalue weighted by Gasteiger charge is 2.34. The molecule has 0 aliphatic carbocycles. The van der Waals surface area contributed by atoms with Crippen LogP contribution in [0.4, 0.5) is 40.3 Å². The van der Waals surface area contributed by atoms with Crippen LogP contribution >= 0.6 is 0 Å². The lowest BCUT2D eigenvalue weighted by molar-refractivity contribution is -0.138. The van der Waals surface area contributed by atoms with Gasteiger partial charge in [-0.25, -0.2) is 28.9 Å². The van der Waals surface area contributed by atoms with Crippen LogP contribution in [-0.4, -0.2) is 104 Å². The largest absolute Gasteiger partial charge is 0.508 e. The third kappa shape index (κ3) is 15.8. The van der Waals surface area contributed by atoms with Gasteiger partial charge in [0.1, 0.15) is 34.1 Å². The number of piperidine rings is 2. The third-order valence-electron chi connectivity index (χ3n) is 11.6. The molecule has 2 fully saturated rings. The Hall–Kier alpha value is -7.33. The monoisotopic (exact) mass is 1050 g/mol. The number of aromatic nitrogens is 8. The number of aryl methyl sites for hydroxylation is 4. The van der Waals surface area contributed by atoms with Crippen molar-refractivity contribution in [3.8, 4) is 40.2 Å². The first-order valence-corrected chi connectivity index (χ1v) is 24.1. The van der Waals surface area contributed by atoms with Crippen molar-refractivity contribution in [1.82, 2.24) is 49.8 Å². The fourth-order valence-corrected chi connectivity index (χ4v) is 8.26. The quantitative estimate of drug-likeness (QED) is 0.124. The van der Waals surface area contributed by atoms with Crippen LogP contribution < -0.4 is 4.74 Å². The van der Waals surface area contributed by atoms with Gasteiger partial charge in [-0.2, -0.15) is 30.7 Å². The molecule has 2 amide bonds. The number of ether oxygens (including phenoxy) is 3. The highest BCUT2D eigenvalue weighted by atomic mass is 19.4. The molecule has 2 aromatic carbocycles. The molecule has 0 spiro atoms. The normalized spacial score (nSPS) is 14.8. The van der Waals surface area contributed by atoms with Crippen LogP contribution in [0.2, 0.25) is 0 Å². The number of nitrogens with zero attached hydrogens (tertiary/aromatic N) is 10. The first-order valence-electron chi connectivity index (χ1n) is 24.1. The molecule has 8 rings (SSSR count). The number of hydrogen-bond donors (Lipinski definition) is 1. The van der Waals surface area contributed by atoms with Gasteiger partial charge >= 0.3 is 24.5 Å². The lowest BCUT2D eigenvalue weighted by Gasteiger charge is -2.33. The van der Waals surface area contributed by atoms with E-state index in [1.165, 1.54) is 25.1 Å². The zero-order valence-electron chi connectivity index (χ0n) is 43.3. The lowest BCUT2D eigenvalue weighted by atomic mass is 10.0. The fraction of sp³-hybridized carbons (Fsp3) is 0.462. The van der Waals surface area contributed by atoms with Crippen LogP contribution in [0.5, 0.6) is 17.4 Å². The average molecular weight is 1060 g/mol. The predicted octanol–water partition coefficient (Wildman–Crippen LogP) is 12.4. The summed E-state index contributed by atoms with van der Waals surface area (Å²) in [6, 6.07) is 16.4. The molecule has 0 saturated carbocycles. The number of phenols is 1. The number of hydrogen-bond acceptors (Lipinski definition) is 12. The van der Waals surface area contributed by atoms with E-state index in [0.29, 0.717) is 84.7 Å². The van der Waals surface area contributed by atoms with Gasteiger partial charge in [0.2, 0.25) is 11.8 Å². The molecule has 6 aromatic rings. The van der Waals surface area contributed by atoms with E-state index in [-0.39, 0.29) is 41.6 Å². The SMILES string of the molecule is Cc1cc(O)cc(C(F)(F)F)c1.Cc1cc(Oc2cccc(-c3c(C)nnn3C3CCN(C(=O)OC(C)(C)C)CC3)n2)cc(C(F)(F)F)c1.Cc1nnn(C2CCN(C(=O)OC(C)(C)C)CC2)c1-c1cccc(F)n1. The molecule has 1 N–H and O–H groups in total. The summed E-state index contributed by atoms with van der Waals surface area (Å²) < 4.78 is 110. The molecular weight excluding hydrogens is 994 g/mol. The summed E-state index contributed by atoms with van der Waals surface area (Å²) in [6.07, 6.45) is -6.72. The summed E-state index contributed by atoms with van der Waals surface area (Å²) in [4.78, 5) is 36.5. The van der Waals surface area contributed by atoms with Gasteiger partial charge < -0.3 is 29.1 Å². The first-order chi connectivity index (χ1) is 34.9. The van der Waals surface area contributed by atoms with Crippen LogP contribution in [0, 0.1) is 33.6 Å². The van der Waals surface area contributed by atoms with Gasteiger partial charge in [0.25, 0.3) is 0 Å². The molecule has 75 heavy (non-hydrogen) atoms. The second-order valence-electron chi connectivity index (χ2n) is 20.2. The average Bonchev–Trinajstić information content (AvgIpc) is 3.89. The minimum absolute atomic E-state index is 0.00706. The van der Waals surface area contributed by atoms with E-state index in [1.807, 2.05) is 64.8 Å². The molecule has 16 nitrogen and oxygen atoms in total. The Bertz CT molecular complexity index is 2910. The number of pyridine rings is 2. The van der Waals surface area contributed by atoms with Crippen molar-refractivity contribution in [1.29, 1.82) is 0 Å². The molecular formula is C52H61F7N10O6. The van der Waals surface area contributed by atoms with E-state index in [1.54, 1.807) is 47.1 Å². The molecule has 4 aromatic heterocycles. The van der Waals surface area contributed by atoms with Gasteiger partial charge in [0.05, 0.1) is 46.0 Å². The van der Waals surface area contributed by atoms with Crippen LogP contribution in [0.15, 0.2) is 72.8 Å². The number of rotatable bonds is 6. The molecule has 23 heteroatoms. The summed E-state index contributed by atoms with van der Waals surface area (Å²) in [7, 11) is 0. The number of amides is 2. The topological polar surface area (TPSA) is 176 Å². The maximum absolute atomic E-state index is 13.5.